The van der Waals surface area contributed by atoms with Crippen molar-refractivity contribution in [1.82, 2.24) is 4.31 Å². The molecule has 1 aliphatic rings. The number of hydrogen-bond donors (Lipinski definition) is 1. The summed E-state index contributed by atoms with van der Waals surface area (Å²) in [4.78, 5) is 11.4. The van der Waals surface area contributed by atoms with Crippen LogP contribution in [0.4, 0.5) is 0 Å². The van der Waals surface area contributed by atoms with Gasteiger partial charge in [0.1, 0.15) is 0 Å². The lowest BCUT2D eigenvalue weighted by Crippen LogP contribution is -2.69. The SMILES string of the molecule is CC(C)(O)CN1C(=O)C(C)(C)S1(=O)=O. The van der Waals surface area contributed by atoms with E-state index in [0.717, 1.165) is 4.31 Å². The standard InChI is InChI=1S/C8H15NO4S/c1-7(2,11)5-9-6(10)8(3,4)14(9,12)13/h11H,5H2,1-4H3. The van der Waals surface area contributed by atoms with Gasteiger partial charge >= 0.3 is 0 Å². The molecule has 0 spiro atoms. The molecule has 1 aliphatic heterocycles. The molecule has 0 radical (unpaired) electrons. The summed E-state index contributed by atoms with van der Waals surface area (Å²) in [5.41, 5.74) is -1.20. The molecule has 0 bridgehead atoms. The number of β-amino-alcohol motifs (C(OH)–C–C–N with tert-alkyl or cyclic N) is 1. The number of hydrogen-bond acceptors (Lipinski definition) is 4. The van der Waals surface area contributed by atoms with E-state index in [0.29, 0.717) is 0 Å². The van der Waals surface area contributed by atoms with E-state index in [-0.39, 0.29) is 6.54 Å². The van der Waals surface area contributed by atoms with Crippen LogP contribution < -0.4 is 0 Å². The van der Waals surface area contributed by atoms with Crippen molar-refractivity contribution in [2.75, 3.05) is 6.54 Å². The highest BCUT2D eigenvalue weighted by Gasteiger charge is 2.60. The zero-order valence-electron chi connectivity index (χ0n) is 8.73. The Morgan fingerprint density at radius 1 is 1.43 bits per heavy atom. The molecule has 14 heavy (non-hydrogen) atoms. The van der Waals surface area contributed by atoms with Crippen LogP contribution in [0, 0.1) is 0 Å². The van der Waals surface area contributed by atoms with Gasteiger partial charge < -0.3 is 5.11 Å². The number of carbonyl (C=O) groups is 1. The zero-order chi connectivity index (χ0) is 11.4. The van der Waals surface area contributed by atoms with Crippen LogP contribution in [-0.2, 0) is 14.8 Å². The van der Waals surface area contributed by atoms with Crippen LogP contribution >= 0.6 is 0 Å². The van der Waals surface area contributed by atoms with Gasteiger partial charge in [-0.25, -0.2) is 12.7 Å². The van der Waals surface area contributed by atoms with E-state index < -0.39 is 26.3 Å². The van der Waals surface area contributed by atoms with Gasteiger partial charge in [0.15, 0.2) is 4.75 Å². The first-order valence-corrected chi connectivity index (χ1v) is 5.73. The van der Waals surface area contributed by atoms with Gasteiger partial charge in [-0.1, -0.05) is 0 Å². The number of aliphatic hydroxyl groups is 1. The fourth-order valence-corrected chi connectivity index (χ4v) is 2.95. The molecule has 0 aliphatic carbocycles. The third kappa shape index (κ3) is 1.42. The van der Waals surface area contributed by atoms with Gasteiger partial charge in [-0.15, -0.1) is 0 Å². The Bertz CT molecular complexity index is 363. The van der Waals surface area contributed by atoms with Crippen LogP contribution in [0.5, 0.6) is 0 Å². The average Bonchev–Trinajstić information content (AvgIpc) is 1.96. The third-order valence-corrected chi connectivity index (χ3v) is 4.55. The molecular weight excluding hydrogens is 206 g/mol. The molecule has 1 heterocycles. The molecule has 1 rings (SSSR count). The van der Waals surface area contributed by atoms with Crippen LogP contribution in [0.3, 0.4) is 0 Å². The Hall–Kier alpha value is -0.620. The van der Waals surface area contributed by atoms with E-state index in [2.05, 4.69) is 0 Å². The number of rotatable bonds is 2. The summed E-state index contributed by atoms with van der Waals surface area (Å²) < 4.78 is 22.5. The Kier molecular flexibility index (Phi) is 2.21. The van der Waals surface area contributed by atoms with Crippen molar-refractivity contribution in [3.05, 3.63) is 0 Å². The van der Waals surface area contributed by atoms with Gasteiger partial charge in [0, 0.05) is 0 Å². The first-order chi connectivity index (χ1) is 6.00. The van der Waals surface area contributed by atoms with Crippen molar-refractivity contribution in [3.8, 4) is 0 Å². The second-order valence-corrected chi connectivity index (χ2v) is 7.05. The van der Waals surface area contributed by atoms with Crippen molar-refractivity contribution in [2.24, 2.45) is 0 Å². The number of amides is 1. The summed E-state index contributed by atoms with van der Waals surface area (Å²) in [7, 11) is -3.56. The predicted molar refractivity (Wildman–Crippen MR) is 51.0 cm³/mol. The molecule has 1 fully saturated rings. The molecule has 0 unspecified atom stereocenters. The molecule has 1 amide bonds. The fraction of sp³-hybridized carbons (Fsp3) is 0.875. The lowest BCUT2D eigenvalue weighted by Gasteiger charge is -2.44. The zero-order valence-corrected chi connectivity index (χ0v) is 9.55. The van der Waals surface area contributed by atoms with E-state index >= 15 is 0 Å². The molecule has 0 atom stereocenters. The van der Waals surface area contributed by atoms with Crippen LogP contribution in [0.2, 0.25) is 0 Å². The average molecular weight is 221 g/mol. The number of carbonyl (C=O) groups excluding carboxylic acids is 1. The Balaban J connectivity index is 2.93. The second kappa shape index (κ2) is 2.70. The molecule has 0 aromatic heterocycles. The summed E-state index contributed by atoms with van der Waals surface area (Å²) >= 11 is 0. The van der Waals surface area contributed by atoms with Crippen molar-refractivity contribution in [3.63, 3.8) is 0 Å². The van der Waals surface area contributed by atoms with Crippen molar-refractivity contribution >= 4 is 15.9 Å². The van der Waals surface area contributed by atoms with Crippen LogP contribution in [-0.4, -0.2) is 40.6 Å². The van der Waals surface area contributed by atoms with Crippen LogP contribution in [0.1, 0.15) is 27.7 Å². The molecule has 0 aromatic rings. The summed E-state index contributed by atoms with van der Waals surface area (Å²) in [6.07, 6.45) is 0. The highest BCUT2D eigenvalue weighted by atomic mass is 32.2. The predicted octanol–water partition coefficient (Wildman–Crippen LogP) is -0.292. The van der Waals surface area contributed by atoms with Gasteiger partial charge in [0.25, 0.3) is 15.9 Å². The highest BCUT2D eigenvalue weighted by molar-refractivity contribution is 7.94. The Morgan fingerprint density at radius 3 is 2.14 bits per heavy atom. The maximum Gasteiger partial charge on any atom is 0.258 e. The minimum absolute atomic E-state index is 0.183. The third-order valence-electron chi connectivity index (χ3n) is 2.21. The molecule has 1 N–H and O–H groups in total. The lowest BCUT2D eigenvalue weighted by molar-refractivity contribution is -0.134. The van der Waals surface area contributed by atoms with Crippen molar-refractivity contribution in [2.45, 2.75) is 38.0 Å². The van der Waals surface area contributed by atoms with E-state index in [9.17, 15) is 18.3 Å². The largest absolute Gasteiger partial charge is 0.389 e. The Labute approximate surface area is 83.8 Å². The quantitative estimate of drug-likeness (QED) is 0.695. The normalized spacial score (nSPS) is 24.6. The van der Waals surface area contributed by atoms with Gasteiger partial charge in [0.05, 0.1) is 12.1 Å². The van der Waals surface area contributed by atoms with Crippen LogP contribution in [0.25, 0.3) is 0 Å². The summed E-state index contributed by atoms with van der Waals surface area (Å²) in [5.74, 6) is -0.459. The Morgan fingerprint density at radius 2 is 1.86 bits per heavy atom. The molecule has 5 nitrogen and oxygen atoms in total. The second-order valence-electron chi connectivity index (χ2n) is 4.64. The first-order valence-electron chi connectivity index (χ1n) is 4.29. The topological polar surface area (TPSA) is 74.7 Å². The van der Waals surface area contributed by atoms with Crippen molar-refractivity contribution < 1.29 is 18.3 Å². The van der Waals surface area contributed by atoms with Gasteiger partial charge in [-0.3, -0.25) is 4.79 Å². The molecule has 0 saturated carbocycles. The maximum atomic E-state index is 11.6. The van der Waals surface area contributed by atoms with E-state index in [1.807, 2.05) is 0 Å². The summed E-state index contributed by atoms with van der Waals surface area (Å²) in [6, 6.07) is 0. The van der Waals surface area contributed by atoms with Crippen molar-refractivity contribution in [1.29, 1.82) is 0 Å². The monoisotopic (exact) mass is 221 g/mol. The van der Waals surface area contributed by atoms with Gasteiger partial charge in [-0.05, 0) is 27.7 Å². The molecule has 82 valence electrons. The maximum absolute atomic E-state index is 11.6. The fourth-order valence-electron chi connectivity index (χ4n) is 1.26. The molecule has 0 aromatic carbocycles. The first kappa shape index (κ1) is 11.5. The van der Waals surface area contributed by atoms with E-state index in [4.69, 9.17) is 0 Å². The minimum atomic E-state index is -3.56. The lowest BCUT2D eigenvalue weighted by atomic mass is 10.1. The smallest absolute Gasteiger partial charge is 0.258 e. The summed E-state index contributed by atoms with van der Waals surface area (Å²) in [5, 5.41) is 9.41. The molecular formula is C8H15NO4S. The van der Waals surface area contributed by atoms with Crippen LogP contribution in [0.15, 0.2) is 0 Å². The molecule has 6 heteroatoms. The van der Waals surface area contributed by atoms with Gasteiger partial charge in [-0.2, -0.15) is 0 Å². The number of nitrogens with zero attached hydrogens (tertiary/aromatic N) is 1. The molecule has 1 saturated heterocycles. The van der Waals surface area contributed by atoms with E-state index in [1.54, 1.807) is 0 Å². The highest BCUT2D eigenvalue weighted by Crippen LogP contribution is 2.35. The van der Waals surface area contributed by atoms with E-state index in [1.165, 1.54) is 27.7 Å². The minimum Gasteiger partial charge on any atom is -0.389 e. The summed E-state index contributed by atoms with van der Waals surface area (Å²) in [6.45, 7) is 5.47. The number of sulfonamides is 1. The van der Waals surface area contributed by atoms with Gasteiger partial charge in [0.2, 0.25) is 0 Å².